The van der Waals surface area contributed by atoms with Gasteiger partial charge in [0.1, 0.15) is 0 Å². The van der Waals surface area contributed by atoms with Crippen LogP contribution in [0.2, 0.25) is 0 Å². The van der Waals surface area contributed by atoms with Gasteiger partial charge in [0.2, 0.25) is 5.91 Å². The van der Waals surface area contributed by atoms with Crippen molar-refractivity contribution in [3.05, 3.63) is 41.6 Å². The number of anilines is 1. The van der Waals surface area contributed by atoms with E-state index in [2.05, 4.69) is 15.5 Å². The summed E-state index contributed by atoms with van der Waals surface area (Å²) in [5.41, 5.74) is 2.03. The Kier molecular flexibility index (Phi) is 5.24. The van der Waals surface area contributed by atoms with E-state index in [4.69, 9.17) is 4.74 Å². The molecule has 116 valence electrons. The maximum atomic E-state index is 11.9. The Morgan fingerprint density at radius 2 is 2.18 bits per heavy atom. The topological polar surface area (TPSA) is 86.1 Å². The summed E-state index contributed by atoms with van der Waals surface area (Å²) in [6.45, 7) is 3.93. The average Bonchev–Trinajstić information content (AvgIpc) is 2.85. The fourth-order valence-corrected chi connectivity index (χ4v) is 1.95. The smallest absolute Gasteiger partial charge is 0.329 e. The lowest BCUT2D eigenvalue weighted by atomic mass is 10.1. The molecule has 0 fully saturated rings. The van der Waals surface area contributed by atoms with Gasteiger partial charge in [-0.1, -0.05) is 29.8 Å². The average molecular weight is 302 g/mol. The maximum Gasteiger partial charge on any atom is 0.329 e. The number of rotatable bonds is 6. The predicted octanol–water partition coefficient (Wildman–Crippen LogP) is 1.33. The van der Waals surface area contributed by atoms with Gasteiger partial charge in [-0.05, 0) is 19.4 Å². The Morgan fingerprint density at radius 1 is 1.36 bits per heavy atom. The molecule has 1 aromatic heterocycles. The summed E-state index contributed by atoms with van der Waals surface area (Å²) in [7, 11) is 0. The fourth-order valence-electron chi connectivity index (χ4n) is 1.95. The lowest BCUT2D eigenvalue weighted by Crippen LogP contribution is -2.17. The molecule has 0 spiro atoms. The minimum Gasteiger partial charge on any atom is -0.465 e. The number of ether oxygens (including phenoxy) is 1. The van der Waals surface area contributed by atoms with Gasteiger partial charge in [-0.25, -0.2) is 4.79 Å². The number of carbonyl (C=O) groups excluding carboxylic acids is 2. The minimum atomic E-state index is -0.421. The van der Waals surface area contributed by atoms with Crippen molar-refractivity contribution in [2.24, 2.45) is 0 Å². The van der Waals surface area contributed by atoms with Crippen LogP contribution in [0, 0.1) is 6.92 Å². The SMILES string of the molecule is CCOC(=O)Cn1ncc(NC(=O)Cc2cccc(C)c2)n1. The third-order valence-corrected chi connectivity index (χ3v) is 2.83. The highest BCUT2D eigenvalue weighted by molar-refractivity contribution is 5.91. The van der Waals surface area contributed by atoms with Gasteiger partial charge in [0, 0.05) is 0 Å². The summed E-state index contributed by atoms with van der Waals surface area (Å²) in [6, 6.07) is 7.73. The molecule has 1 aromatic carbocycles. The molecule has 7 nitrogen and oxygen atoms in total. The van der Waals surface area contributed by atoms with Crippen molar-refractivity contribution in [2.75, 3.05) is 11.9 Å². The molecule has 7 heteroatoms. The Hall–Kier alpha value is -2.70. The molecule has 0 atom stereocenters. The standard InChI is InChI=1S/C15H18N4O3/c1-3-22-15(21)10-19-16-9-13(18-19)17-14(20)8-12-6-4-5-11(2)7-12/h4-7,9H,3,8,10H2,1-2H3,(H,17,18,20). The number of aryl methyl sites for hydroxylation is 1. The molecule has 1 heterocycles. The first-order valence-electron chi connectivity index (χ1n) is 6.98. The third kappa shape index (κ3) is 4.69. The number of esters is 1. The number of nitrogens with zero attached hydrogens (tertiary/aromatic N) is 3. The molecule has 0 radical (unpaired) electrons. The summed E-state index contributed by atoms with van der Waals surface area (Å²) in [5.74, 6) is -0.300. The molecule has 0 aliphatic rings. The normalized spacial score (nSPS) is 10.3. The summed E-state index contributed by atoms with van der Waals surface area (Å²) >= 11 is 0. The molecule has 1 amide bonds. The molecule has 0 saturated heterocycles. The van der Waals surface area contributed by atoms with Crippen molar-refractivity contribution < 1.29 is 14.3 Å². The Labute approximate surface area is 128 Å². The minimum absolute atomic E-state index is 0.0818. The molecule has 22 heavy (non-hydrogen) atoms. The number of hydrogen-bond donors (Lipinski definition) is 1. The van der Waals surface area contributed by atoms with E-state index in [-0.39, 0.29) is 18.9 Å². The van der Waals surface area contributed by atoms with Crippen LogP contribution in [0.25, 0.3) is 0 Å². The predicted molar refractivity (Wildman–Crippen MR) is 80.2 cm³/mol. The second-order valence-electron chi connectivity index (χ2n) is 4.78. The highest BCUT2D eigenvalue weighted by atomic mass is 16.5. The zero-order chi connectivity index (χ0) is 15.9. The molecule has 2 rings (SSSR count). The quantitative estimate of drug-likeness (QED) is 0.814. The van der Waals surface area contributed by atoms with Crippen molar-refractivity contribution in [1.29, 1.82) is 0 Å². The fraction of sp³-hybridized carbons (Fsp3) is 0.333. The maximum absolute atomic E-state index is 11.9. The van der Waals surface area contributed by atoms with Crippen LogP contribution in [0.4, 0.5) is 5.82 Å². The summed E-state index contributed by atoms with van der Waals surface area (Å²) < 4.78 is 4.80. The molecular formula is C15H18N4O3. The molecular weight excluding hydrogens is 284 g/mol. The van der Waals surface area contributed by atoms with Gasteiger partial charge in [-0.2, -0.15) is 9.90 Å². The van der Waals surface area contributed by atoms with Crippen molar-refractivity contribution in [3.63, 3.8) is 0 Å². The van der Waals surface area contributed by atoms with E-state index in [1.54, 1.807) is 6.92 Å². The number of carbonyl (C=O) groups is 2. The zero-order valence-corrected chi connectivity index (χ0v) is 12.6. The third-order valence-electron chi connectivity index (χ3n) is 2.83. The van der Waals surface area contributed by atoms with Gasteiger partial charge < -0.3 is 10.1 Å². The van der Waals surface area contributed by atoms with Crippen LogP contribution in [-0.2, 0) is 27.3 Å². The largest absolute Gasteiger partial charge is 0.465 e. The van der Waals surface area contributed by atoms with E-state index < -0.39 is 5.97 Å². The molecule has 0 aliphatic heterocycles. The van der Waals surface area contributed by atoms with Crippen LogP contribution in [0.15, 0.2) is 30.5 Å². The van der Waals surface area contributed by atoms with E-state index in [1.807, 2.05) is 31.2 Å². The number of aromatic nitrogens is 3. The number of hydrogen-bond acceptors (Lipinski definition) is 5. The van der Waals surface area contributed by atoms with E-state index in [0.717, 1.165) is 11.1 Å². The van der Waals surface area contributed by atoms with Crippen LogP contribution >= 0.6 is 0 Å². The van der Waals surface area contributed by atoms with E-state index in [9.17, 15) is 9.59 Å². The van der Waals surface area contributed by atoms with Gasteiger partial charge >= 0.3 is 5.97 Å². The van der Waals surface area contributed by atoms with E-state index in [1.165, 1.54) is 11.0 Å². The van der Waals surface area contributed by atoms with Gasteiger partial charge in [0.25, 0.3) is 0 Å². The van der Waals surface area contributed by atoms with Crippen molar-refractivity contribution in [2.45, 2.75) is 26.8 Å². The Morgan fingerprint density at radius 3 is 2.91 bits per heavy atom. The molecule has 2 aromatic rings. The van der Waals surface area contributed by atoms with Gasteiger partial charge in [-0.15, -0.1) is 5.10 Å². The zero-order valence-electron chi connectivity index (χ0n) is 12.6. The van der Waals surface area contributed by atoms with Gasteiger partial charge in [0.05, 0.1) is 19.2 Å². The first-order chi connectivity index (χ1) is 10.6. The molecule has 0 bridgehead atoms. The first kappa shape index (κ1) is 15.7. The highest BCUT2D eigenvalue weighted by Crippen LogP contribution is 2.06. The first-order valence-corrected chi connectivity index (χ1v) is 6.98. The van der Waals surface area contributed by atoms with Crippen LogP contribution in [0.1, 0.15) is 18.1 Å². The van der Waals surface area contributed by atoms with Gasteiger partial charge in [0.15, 0.2) is 12.4 Å². The molecule has 0 aliphatic carbocycles. The monoisotopic (exact) mass is 302 g/mol. The van der Waals surface area contributed by atoms with Crippen LogP contribution in [-0.4, -0.2) is 33.5 Å². The van der Waals surface area contributed by atoms with Crippen molar-refractivity contribution >= 4 is 17.7 Å². The van der Waals surface area contributed by atoms with Crippen LogP contribution < -0.4 is 5.32 Å². The van der Waals surface area contributed by atoms with Crippen LogP contribution in [0.3, 0.4) is 0 Å². The van der Waals surface area contributed by atoms with E-state index in [0.29, 0.717) is 12.4 Å². The summed E-state index contributed by atoms with van der Waals surface area (Å²) in [4.78, 5) is 24.4. The summed E-state index contributed by atoms with van der Waals surface area (Å²) in [5, 5.41) is 10.6. The second-order valence-corrected chi connectivity index (χ2v) is 4.78. The lowest BCUT2D eigenvalue weighted by molar-refractivity contribution is -0.144. The highest BCUT2D eigenvalue weighted by Gasteiger charge is 2.09. The molecule has 1 N–H and O–H groups in total. The van der Waals surface area contributed by atoms with E-state index >= 15 is 0 Å². The Balaban J connectivity index is 1.89. The second kappa shape index (κ2) is 7.35. The van der Waals surface area contributed by atoms with Crippen molar-refractivity contribution in [3.8, 4) is 0 Å². The van der Waals surface area contributed by atoms with Crippen molar-refractivity contribution in [1.82, 2.24) is 15.0 Å². The summed E-state index contributed by atoms with van der Waals surface area (Å²) in [6.07, 6.45) is 1.65. The molecule has 0 saturated carbocycles. The lowest BCUT2D eigenvalue weighted by Gasteiger charge is -2.03. The number of amides is 1. The van der Waals surface area contributed by atoms with Gasteiger partial charge in [-0.3, -0.25) is 4.79 Å². The Bertz CT molecular complexity index is 666. The number of nitrogens with one attached hydrogen (secondary N) is 1. The molecule has 0 unspecified atom stereocenters. The van der Waals surface area contributed by atoms with Crippen LogP contribution in [0.5, 0.6) is 0 Å². The number of benzene rings is 1.